The second-order valence-corrected chi connectivity index (χ2v) is 6.70. The summed E-state index contributed by atoms with van der Waals surface area (Å²) < 4.78 is 5.28. The number of rotatable bonds is 6. The van der Waals surface area contributed by atoms with Crippen molar-refractivity contribution in [3.63, 3.8) is 0 Å². The van der Waals surface area contributed by atoms with Crippen LogP contribution in [0.25, 0.3) is 0 Å². The van der Waals surface area contributed by atoms with Crippen LogP contribution in [0.15, 0.2) is 48.5 Å². The van der Waals surface area contributed by atoms with E-state index in [0.717, 1.165) is 37.6 Å². The number of nitro groups is 1. The molecule has 8 heteroatoms. The quantitative estimate of drug-likeness (QED) is 0.609. The second-order valence-electron chi connectivity index (χ2n) is 6.70. The maximum absolute atomic E-state index is 12.6. The van der Waals surface area contributed by atoms with Crippen molar-refractivity contribution in [1.29, 1.82) is 0 Å². The molecule has 1 aliphatic heterocycles. The summed E-state index contributed by atoms with van der Waals surface area (Å²) in [6, 6.07) is 13.6. The van der Waals surface area contributed by atoms with E-state index < -0.39 is 4.92 Å². The van der Waals surface area contributed by atoms with Gasteiger partial charge < -0.3 is 15.0 Å². The molecular formula is C20H24N4O4. The molecule has 0 aliphatic carbocycles. The molecule has 0 aromatic heterocycles. The predicted octanol–water partition coefficient (Wildman–Crippen LogP) is 2.75. The summed E-state index contributed by atoms with van der Waals surface area (Å²) in [5, 5.41) is 13.7. The molecule has 1 unspecified atom stereocenters. The summed E-state index contributed by atoms with van der Waals surface area (Å²) >= 11 is 0. The highest BCUT2D eigenvalue weighted by molar-refractivity contribution is 5.94. The number of piperazine rings is 1. The van der Waals surface area contributed by atoms with E-state index in [1.807, 2.05) is 25.1 Å². The molecule has 0 spiro atoms. The summed E-state index contributed by atoms with van der Waals surface area (Å²) in [5.74, 6) is 0.653. The zero-order valence-corrected chi connectivity index (χ0v) is 16.0. The number of hydrogen-bond donors (Lipinski definition) is 1. The molecular weight excluding hydrogens is 360 g/mol. The smallest absolute Gasteiger partial charge is 0.271 e. The SMILES string of the molecule is COc1cccc(N2CCN(C(C)C(=O)Nc3cccc([N+](=O)[O-])c3)CC2)c1. The zero-order valence-electron chi connectivity index (χ0n) is 16.0. The van der Waals surface area contributed by atoms with Crippen LogP contribution in [0.2, 0.25) is 0 Å². The number of amides is 1. The van der Waals surface area contributed by atoms with Crippen molar-refractivity contribution in [3.05, 3.63) is 58.6 Å². The number of non-ortho nitro benzene ring substituents is 1. The highest BCUT2D eigenvalue weighted by atomic mass is 16.6. The fourth-order valence-electron chi connectivity index (χ4n) is 3.28. The second kappa shape index (κ2) is 8.71. The van der Waals surface area contributed by atoms with Gasteiger partial charge in [-0.3, -0.25) is 19.8 Å². The van der Waals surface area contributed by atoms with Crippen molar-refractivity contribution >= 4 is 23.0 Å². The highest BCUT2D eigenvalue weighted by Gasteiger charge is 2.26. The number of ether oxygens (including phenoxy) is 1. The van der Waals surface area contributed by atoms with Gasteiger partial charge in [-0.1, -0.05) is 12.1 Å². The van der Waals surface area contributed by atoms with Gasteiger partial charge in [0.05, 0.1) is 18.1 Å². The minimum absolute atomic E-state index is 0.0441. The van der Waals surface area contributed by atoms with Crippen LogP contribution >= 0.6 is 0 Å². The van der Waals surface area contributed by atoms with Gasteiger partial charge in [-0.2, -0.15) is 0 Å². The van der Waals surface area contributed by atoms with Gasteiger partial charge in [0.1, 0.15) is 5.75 Å². The molecule has 1 N–H and O–H groups in total. The lowest BCUT2D eigenvalue weighted by Gasteiger charge is -2.38. The first-order valence-corrected chi connectivity index (χ1v) is 9.16. The molecule has 1 aliphatic rings. The van der Waals surface area contributed by atoms with Crippen LogP contribution in [0.4, 0.5) is 17.1 Å². The van der Waals surface area contributed by atoms with Crippen LogP contribution in [0, 0.1) is 10.1 Å². The zero-order chi connectivity index (χ0) is 20.1. The molecule has 28 heavy (non-hydrogen) atoms. The molecule has 1 amide bonds. The van der Waals surface area contributed by atoms with Crippen LogP contribution in [-0.4, -0.2) is 55.1 Å². The first-order chi connectivity index (χ1) is 13.5. The number of nitrogens with zero attached hydrogens (tertiary/aromatic N) is 3. The summed E-state index contributed by atoms with van der Waals surface area (Å²) in [6.07, 6.45) is 0. The van der Waals surface area contributed by atoms with Crippen LogP contribution < -0.4 is 15.0 Å². The van der Waals surface area contributed by atoms with Gasteiger partial charge >= 0.3 is 0 Å². The first kappa shape index (κ1) is 19.6. The summed E-state index contributed by atoms with van der Waals surface area (Å²) in [4.78, 5) is 27.4. The van der Waals surface area contributed by atoms with E-state index in [2.05, 4.69) is 21.2 Å². The van der Waals surface area contributed by atoms with E-state index in [1.165, 1.54) is 12.1 Å². The van der Waals surface area contributed by atoms with Gasteiger partial charge in [-0.15, -0.1) is 0 Å². The summed E-state index contributed by atoms with van der Waals surface area (Å²) in [5.41, 5.74) is 1.49. The first-order valence-electron chi connectivity index (χ1n) is 9.16. The Morgan fingerprint density at radius 2 is 1.86 bits per heavy atom. The molecule has 0 saturated carbocycles. The van der Waals surface area contributed by atoms with Gasteiger partial charge in [-0.25, -0.2) is 0 Å². The fourth-order valence-corrected chi connectivity index (χ4v) is 3.28. The van der Waals surface area contributed by atoms with Gasteiger partial charge in [0.25, 0.3) is 5.69 Å². The topological polar surface area (TPSA) is 88.0 Å². The van der Waals surface area contributed by atoms with Crippen LogP contribution in [0.5, 0.6) is 5.75 Å². The van der Waals surface area contributed by atoms with Crippen molar-refractivity contribution in [2.45, 2.75) is 13.0 Å². The fraction of sp³-hybridized carbons (Fsp3) is 0.350. The van der Waals surface area contributed by atoms with E-state index in [0.29, 0.717) is 5.69 Å². The average Bonchev–Trinajstić information content (AvgIpc) is 2.73. The molecule has 8 nitrogen and oxygen atoms in total. The minimum atomic E-state index is -0.475. The van der Waals surface area contributed by atoms with Gasteiger partial charge in [-0.05, 0) is 25.1 Å². The van der Waals surface area contributed by atoms with Crippen molar-refractivity contribution in [2.24, 2.45) is 0 Å². The molecule has 2 aromatic rings. The number of benzene rings is 2. The minimum Gasteiger partial charge on any atom is -0.497 e. The monoisotopic (exact) mass is 384 g/mol. The normalized spacial score (nSPS) is 15.7. The Balaban J connectivity index is 1.57. The van der Waals surface area contributed by atoms with Crippen LogP contribution in [-0.2, 0) is 4.79 Å². The lowest BCUT2D eigenvalue weighted by atomic mass is 10.2. The third-order valence-electron chi connectivity index (χ3n) is 4.98. The number of carbonyl (C=O) groups is 1. The molecule has 1 fully saturated rings. The van der Waals surface area contributed by atoms with E-state index in [-0.39, 0.29) is 17.6 Å². The number of anilines is 2. The molecule has 148 valence electrons. The largest absolute Gasteiger partial charge is 0.497 e. The van der Waals surface area contributed by atoms with Crippen molar-refractivity contribution < 1.29 is 14.5 Å². The third-order valence-corrected chi connectivity index (χ3v) is 4.98. The predicted molar refractivity (Wildman–Crippen MR) is 108 cm³/mol. The molecule has 1 saturated heterocycles. The number of methoxy groups -OCH3 is 1. The van der Waals surface area contributed by atoms with Crippen LogP contribution in [0.3, 0.4) is 0 Å². The van der Waals surface area contributed by atoms with E-state index >= 15 is 0 Å². The van der Waals surface area contributed by atoms with Gasteiger partial charge in [0.15, 0.2) is 0 Å². The maximum atomic E-state index is 12.6. The number of hydrogen-bond acceptors (Lipinski definition) is 6. The molecule has 2 aromatic carbocycles. The number of nitrogens with one attached hydrogen (secondary N) is 1. The average molecular weight is 384 g/mol. The van der Waals surface area contributed by atoms with Crippen molar-refractivity contribution in [3.8, 4) is 5.75 Å². The lowest BCUT2D eigenvalue weighted by molar-refractivity contribution is -0.384. The molecule has 1 heterocycles. The standard InChI is InChI=1S/C20H24N4O4/c1-15(20(25)21-16-5-3-7-18(13-16)24(26)27)22-9-11-23(12-10-22)17-6-4-8-19(14-17)28-2/h3-8,13-15H,9-12H2,1-2H3,(H,21,25). The number of nitro benzene ring substituents is 1. The molecule has 1 atom stereocenters. The molecule has 0 radical (unpaired) electrons. The van der Waals surface area contributed by atoms with Gasteiger partial charge in [0, 0.05) is 55.8 Å². The Bertz CT molecular complexity index is 850. The van der Waals surface area contributed by atoms with Crippen LogP contribution in [0.1, 0.15) is 6.92 Å². The number of carbonyl (C=O) groups excluding carboxylic acids is 1. The summed E-state index contributed by atoms with van der Waals surface area (Å²) in [6.45, 7) is 4.97. The van der Waals surface area contributed by atoms with E-state index in [9.17, 15) is 14.9 Å². The van der Waals surface area contributed by atoms with Crippen molar-refractivity contribution in [2.75, 3.05) is 43.5 Å². The Labute approximate surface area is 163 Å². The Morgan fingerprint density at radius 1 is 1.14 bits per heavy atom. The maximum Gasteiger partial charge on any atom is 0.271 e. The molecule has 3 rings (SSSR count). The Kier molecular flexibility index (Phi) is 6.10. The Hall–Kier alpha value is -3.13. The Morgan fingerprint density at radius 3 is 2.54 bits per heavy atom. The van der Waals surface area contributed by atoms with E-state index in [4.69, 9.17) is 4.74 Å². The third kappa shape index (κ3) is 4.58. The van der Waals surface area contributed by atoms with E-state index in [1.54, 1.807) is 19.2 Å². The van der Waals surface area contributed by atoms with Gasteiger partial charge in [0.2, 0.25) is 5.91 Å². The summed E-state index contributed by atoms with van der Waals surface area (Å²) in [7, 11) is 1.65. The lowest BCUT2D eigenvalue weighted by Crippen LogP contribution is -2.52. The molecule has 0 bridgehead atoms. The van der Waals surface area contributed by atoms with Crippen molar-refractivity contribution in [1.82, 2.24) is 4.90 Å². The highest BCUT2D eigenvalue weighted by Crippen LogP contribution is 2.23.